The van der Waals surface area contributed by atoms with Gasteiger partial charge < -0.3 is 14.8 Å². The molecule has 0 aromatic carbocycles. The molecular formula is C13H18ClN3O3. The van der Waals surface area contributed by atoms with E-state index < -0.39 is 0 Å². The number of methoxy groups -OCH3 is 2. The van der Waals surface area contributed by atoms with E-state index in [9.17, 15) is 4.79 Å². The molecule has 0 aliphatic heterocycles. The van der Waals surface area contributed by atoms with E-state index in [2.05, 4.69) is 15.3 Å². The Bertz CT molecular complexity index is 476. The molecule has 1 amide bonds. The van der Waals surface area contributed by atoms with Crippen molar-refractivity contribution in [3.8, 4) is 5.88 Å². The molecule has 1 aliphatic rings. The van der Waals surface area contributed by atoms with Crippen LogP contribution >= 0.6 is 11.6 Å². The molecule has 1 N–H and O–H groups in total. The van der Waals surface area contributed by atoms with Crippen LogP contribution < -0.4 is 10.1 Å². The molecule has 1 saturated carbocycles. The Morgan fingerprint density at radius 2 is 2.00 bits per heavy atom. The standard InChI is InChI=1S/C13H18ClN3O3/c1-19-9-5-3-8(4-6-9)15-12(18)10-7-11(20-2)17-13(14)16-10/h7-9H,3-6H2,1-2H3,(H,15,18). The van der Waals surface area contributed by atoms with Gasteiger partial charge in [-0.15, -0.1) is 0 Å². The SMILES string of the molecule is COc1cc(C(=O)NC2CCC(OC)CC2)nc(Cl)n1. The van der Waals surface area contributed by atoms with Crippen LogP contribution in [0.5, 0.6) is 5.88 Å². The molecule has 0 bridgehead atoms. The van der Waals surface area contributed by atoms with E-state index in [4.69, 9.17) is 21.1 Å². The van der Waals surface area contributed by atoms with Gasteiger partial charge in [-0.1, -0.05) is 0 Å². The summed E-state index contributed by atoms with van der Waals surface area (Å²) < 4.78 is 10.3. The van der Waals surface area contributed by atoms with Gasteiger partial charge in [0, 0.05) is 19.2 Å². The first-order valence-corrected chi connectivity index (χ1v) is 6.92. The summed E-state index contributed by atoms with van der Waals surface area (Å²) in [6, 6.07) is 1.62. The average molecular weight is 300 g/mol. The lowest BCUT2D eigenvalue weighted by Gasteiger charge is -2.28. The number of nitrogens with zero attached hydrogens (tertiary/aromatic N) is 2. The second-order valence-corrected chi connectivity index (χ2v) is 5.09. The quantitative estimate of drug-likeness (QED) is 0.859. The fraction of sp³-hybridized carbons (Fsp3) is 0.615. The van der Waals surface area contributed by atoms with Gasteiger partial charge in [-0.2, -0.15) is 4.98 Å². The molecule has 1 aliphatic carbocycles. The lowest BCUT2D eigenvalue weighted by molar-refractivity contribution is 0.0598. The topological polar surface area (TPSA) is 73.3 Å². The molecule has 1 fully saturated rings. The van der Waals surface area contributed by atoms with E-state index in [1.807, 2.05) is 0 Å². The Morgan fingerprint density at radius 1 is 1.30 bits per heavy atom. The van der Waals surface area contributed by atoms with Crippen molar-refractivity contribution in [1.29, 1.82) is 0 Å². The third-order valence-electron chi connectivity index (χ3n) is 3.46. The Balaban J connectivity index is 1.97. The number of halogens is 1. The van der Waals surface area contributed by atoms with E-state index in [1.54, 1.807) is 7.11 Å². The van der Waals surface area contributed by atoms with E-state index in [-0.39, 0.29) is 28.8 Å². The largest absolute Gasteiger partial charge is 0.481 e. The van der Waals surface area contributed by atoms with Crippen molar-refractivity contribution in [3.63, 3.8) is 0 Å². The molecule has 1 aromatic heterocycles. The molecule has 1 aromatic rings. The highest BCUT2D eigenvalue weighted by atomic mass is 35.5. The Kier molecular flexibility index (Phi) is 5.14. The summed E-state index contributed by atoms with van der Waals surface area (Å²) in [5.74, 6) is 0.0201. The number of rotatable bonds is 4. The van der Waals surface area contributed by atoms with Gasteiger partial charge in [-0.05, 0) is 37.3 Å². The molecule has 20 heavy (non-hydrogen) atoms. The fourth-order valence-corrected chi connectivity index (χ4v) is 2.49. The molecule has 0 saturated heterocycles. The molecule has 0 spiro atoms. The van der Waals surface area contributed by atoms with Gasteiger partial charge >= 0.3 is 0 Å². The number of aromatic nitrogens is 2. The Morgan fingerprint density at radius 3 is 2.60 bits per heavy atom. The zero-order chi connectivity index (χ0) is 14.5. The van der Waals surface area contributed by atoms with Crippen molar-refractivity contribution in [2.45, 2.75) is 37.8 Å². The van der Waals surface area contributed by atoms with Crippen molar-refractivity contribution in [3.05, 3.63) is 17.0 Å². The number of hydrogen-bond acceptors (Lipinski definition) is 5. The van der Waals surface area contributed by atoms with Crippen molar-refractivity contribution in [2.75, 3.05) is 14.2 Å². The summed E-state index contributed by atoms with van der Waals surface area (Å²) in [7, 11) is 3.19. The predicted octanol–water partition coefficient (Wildman–Crippen LogP) is 1.83. The van der Waals surface area contributed by atoms with Gasteiger partial charge in [0.25, 0.3) is 5.91 Å². The number of carbonyl (C=O) groups is 1. The highest BCUT2D eigenvalue weighted by molar-refractivity contribution is 6.28. The van der Waals surface area contributed by atoms with Gasteiger partial charge in [-0.3, -0.25) is 4.79 Å². The van der Waals surface area contributed by atoms with Crippen LogP contribution in [0.4, 0.5) is 0 Å². The summed E-state index contributed by atoms with van der Waals surface area (Å²) in [4.78, 5) is 19.9. The molecule has 6 nitrogen and oxygen atoms in total. The van der Waals surface area contributed by atoms with Crippen molar-refractivity contribution < 1.29 is 14.3 Å². The minimum atomic E-state index is -0.256. The highest BCUT2D eigenvalue weighted by Crippen LogP contribution is 2.21. The third kappa shape index (κ3) is 3.80. The van der Waals surface area contributed by atoms with Crippen LogP contribution in [0, 0.1) is 0 Å². The van der Waals surface area contributed by atoms with Gasteiger partial charge in [0.1, 0.15) is 5.69 Å². The number of ether oxygens (including phenoxy) is 2. The molecule has 0 atom stereocenters. The molecule has 2 rings (SSSR count). The van der Waals surface area contributed by atoms with Crippen LogP contribution in [0.3, 0.4) is 0 Å². The van der Waals surface area contributed by atoms with Gasteiger partial charge in [-0.25, -0.2) is 4.98 Å². The van der Waals surface area contributed by atoms with E-state index >= 15 is 0 Å². The average Bonchev–Trinajstić information content (AvgIpc) is 2.47. The summed E-state index contributed by atoms with van der Waals surface area (Å²) in [5, 5.41) is 2.96. The van der Waals surface area contributed by atoms with Crippen LogP contribution in [0.1, 0.15) is 36.2 Å². The van der Waals surface area contributed by atoms with E-state index in [0.29, 0.717) is 6.10 Å². The smallest absolute Gasteiger partial charge is 0.270 e. The molecule has 1 heterocycles. The predicted molar refractivity (Wildman–Crippen MR) is 74.1 cm³/mol. The first kappa shape index (κ1) is 15.0. The Labute approximate surface area is 122 Å². The van der Waals surface area contributed by atoms with Gasteiger partial charge in [0.2, 0.25) is 11.2 Å². The third-order valence-corrected chi connectivity index (χ3v) is 3.63. The normalized spacial score (nSPS) is 22.4. The summed E-state index contributed by atoms with van der Waals surface area (Å²) in [5.41, 5.74) is 0.218. The first-order valence-electron chi connectivity index (χ1n) is 6.54. The summed E-state index contributed by atoms with van der Waals surface area (Å²) in [6.45, 7) is 0. The monoisotopic (exact) mass is 299 g/mol. The maximum absolute atomic E-state index is 12.1. The second-order valence-electron chi connectivity index (χ2n) is 4.75. The zero-order valence-electron chi connectivity index (χ0n) is 11.6. The highest BCUT2D eigenvalue weighted by Gasteiger charge is 2.23. The molecular weight excluding hydrogens is 282 g/mol. The maximum atomic E-state index is 12.1. The van der Waals surface area contributed by atoms with Crippen molar-refractivity contribution >= 4 is 17.5 Å². The molecule has 110 valence electrons. The van der Waals surface area contributed by atoms with Crippen LogP contribution in [0.25, 0.3) is 0 Å². The lowest BCUT2D eigenvalue weighted by atomic mass is 9.93. The number of nitrogens with one attached hydrogen (secondary N) is 1. The summed E-state index contributed by atoms with van der Waals surface area (Å²) in [6.07, 6.45) is 4.02. The number of amides is 1. The van der Waals surface area contributed by atoms with Crippen LogP contribution in [-0.4, -0.2) is 42.2 Å². The lowest BCUT2D eigenvalue weighted by Crippen LogP contribution is -2.39. The van der Waals surface area contributed by atoms with Crippen LogP contribution in [-0.2, 0) is 4.74 Å². The van der Waals surface area contributed by atoms with Crippen molar-refractivity contribution in [2.24, 2.45) is 0 Å². The zero-order valence-corrected chi connectivity index (χ0v) is 12.3. The molecule has 0 unspecified atom stereocenters. The molecule has 0 radical (unpaired) electrons. The minimum absolute atomic E-state index is 0.00223. The van der Waals surface area contributed by atoms with Gasteiger partial charge in [0.15, 0.2) is 0 Å². The van der Waals surface area contributed by atoms with Crippen molar-refractivity contribution in [1.82, 2.24) is 15.3 Å². The van der Waals surface area contributed by atoms with Crippen LogP contribution in [0.2, 0.25) is 5.28 Å². The molecule has 7 heteroatoms. The first-order chi connectivity index (χ1) is 9.62. The summed E-state index contributed by atoms with van der Waals surface area (Å²) >= 11 is 5.75. The number of hydrogen-bond donors (Lipinski definition) is 1. The maximum Gasteiger partial charge on any atom is 0.270 e. The number of carbonyl (C=O) groups excluding carboxylic acids is 1. The van der Waals surface area contributed by atoms with Crippen LogP contribution in [0.15, 0.2) is 6.07 Å². The minimum Gasteiger partial charge on any atom is -0.481 e. The fourth-order valence-electron chi connectivity index (χ4n) is 2.32. The van der Waals surface area contributed by atoms with E-state index in [1.165, 1.54) is 13.2 Å². The van der Waals surface area contributed by atoms with E-state index in [0.717, 1.165) is 25.7 Å². The second kappa shape index (κ2) is 6.85. The van der Waals surface area contributed by atoms with Gasteiger partial charge in [0.05, 0.1) is 13.2 Å². The Hall–Kier alpha value is -1.40.